The van der Waals surface area contributed by atoms with E-state index in [1.165, 1.54) is 6.42 Å². The van der Waals surface area contributed by atoms with Gasteiger partial charge in [0.1, 0.15) is 0 Å². The summed E-state index contributed by atoms with van der Waals surface area (Å²) >= 11 is 5.09. The largest absolute Gasteiger partial charge is 0.330 e. The van der Waals surface area contributed by atoms with Gasteiger partial charge in [-0.25, -0.2) is 0 Å². The Balaban J connectivity index is 2.55. The number of alkyl halides is 2. The molecule has 0 bridgehead atoms. The van der Waals surface area contributed by atoms with Crippen LogP contribution in [0.4, 0.5) is 0 Å². The summed E-state index contributed by atoms with van der Waals surface area (Å²) in [7, 11) is 0. The second-order valence-electron chi connectivity index (χ2n) is 3.07. The van der Waals surface area contributed by atoms with E-state index >= 15 is 0 Å². The van der Waals surface area contributed by atoms with Crippen molar-refractivity contribution in [2.75, 3.05) is 6.54 Å². The first-order valence-electron chi connectivity index (χ1n) is 3.65. The summed E-state index contributed by atoms with van der Waals surface area (Å²) in [4.78, 5) is 0. The zero-order valence-electron chi connectivity index (χ0n) is 6.06. The third-order valence-corrected chi connectivity index (χ3v) is 5.87. The Labute approximate surface area is 89.8 Å². The van der Waals surface area contributed by atoms with Crippen LogP contribution in [0.2, 0.25) is 0 Å². The van der Waals surface area contributed by atoms with E-state index in [-0.39, 0.29) is 0 Å². The lowest BCUT2D eigenvalue weighted by molar-refractivity contribution is 0.569. The van der Waals surface area contributed by atoms with Gasteiger partial charge in [0, 0.05) is 7.85 Å². The highest BCUT2D eigenvalue weighted by Crippen LogP contribution is 2.40. The van der Waals surface area contributed by atoms with Gasteiger partial charge >= 0.3 is 0 Å². The van der Waals surface area contributed by atoms with E-state index in [4.69, 9.17) is 5.73 Å². The monoisotopic (exact) mass is 365 g/mol. The Morgan fingerprint density at radius 3 is 2.30 bits per heavy atom. The van der Waals surface area contributed by atoms with Crippen molar-refractivity contribution in [3.8, 4) is 0 Å². The van der Waals surface area contributed by atoms with Gasteiger partial charge in [-0.3, -0.25) is 0 Å². The summed E-state index contributed by atoms with van der Waals surface area (Å²) in [5, 5.41) is 0. The second-order valence-corrected chi connectivity index (χ2v) is 6.11. The Morgan fingerprint density at radius 2 is 2.10 bits per heavy atom. The lowest BCUT2D eigenvalue weighted by atomic mass is 10.1. The van der Waals surface area contributed by atoms with Crippen molar-refractivity contribution >= 4 is 45.2 Å². The molecule has 1 nitrogen and oxygen atoms in total. The first kappa shape index (κ1) is 9.51. The average molecular weight is 365 g/mol. The molecule has 0 spiro atoms. The van der Waals surface area contributed by atoms with Crippen LogP contribution in [0.15, 0.2) is 0 Å². The van der Waals surface area contributed by atoms with Crippen LogP contribution >= 0.6 is 45.2 Å². The summed E-state index contributed by atoms with van der Waals surface area (Å²) in [5.74, 6) is 1.63. The summed E-state index contributed by atoms with van der Waals surface area (Å²) < 4.78 is 1.63. The lowest BCUT2D eigenvalue weighted by Crippen LogP contribution is -2.25. The van der Waals surface area contributed by atoms with E-state index < -0.39 is 0 Å². The van der Waals surface area contributed by atoms with Gasteiger partial charge in [-0.15, -0.1) is 0 Å². The van der Waals surface area contributed by atoms with Gasteiger partial charge < -0.3 is 5.73 Å². The Hall–Kier alpha value is 1.42. The van der Waals surface area contributed by atoms with E-state index in [2.05, 4.69) is 52.1 Å². The predicted molar refractivity (Wildman–Crippen MR) is 61.9 cm³/mol. The third kappa shape index (κ3) is 1.77. The summed E-state index contributed by atoms with van der Waals surface area (Å²) in [6.45, 7) is 3.20. The molecule has 1 aliphatic carbocycles. The zero-order chi connectivity index (χ0) is 7.72. The number of hydrogen-bond acceptors (Lipinski definition) is 1. The van der Waals surface area contributed by atoms with E-state index in [0.29, 0.717) is 0 Å². The van der Waals surface area contributed by atoms with Crippen molar-refractivity contribution in [1.82, 2.24) is 0 Å². The Bertz CT molecular complexity index is 118. The molecule has 0 aromatic rings. The van der Waals surface area contributed by atoms with Gasteiger partial charge in [-0.05, 0) is 24.8 Å². The maximum absolute atomic E-state index is 5.67. The maximum Gasteiger partial charge on any atom is 0.0186 e. The van der Waals surface area contributed by atoms with Gasteiger partial charge in [0.2, 0.25) is 0 Å². The highest BCUT2D eigenvalue weighted by molar-refractivity contribution is 14.1. The van der Waals surface area contributed by atoms with Crippen molar-refractivity contribution in [2.45, 2.75) is 21.2 Å². The molecule has 2 N–H and O–H groups in total. The lowest BCUT2D eigenvalue weighted by Gasteiger charge is -2.15. The molecule has 0 aromatic heterocycles. The quantitative estimate of drug-likeness (QED) is 0.560. The topological polar surface area (TPSA) is 26.0 Å². The first-order chi connectivity index (χ1) is 4.66. The van der Waals surface area contributed by atoms with Crippen LogP contribution in [0.1, 0.15) is 13.3 Å². The molecule has 0 radical (unpaired) electrons. The fourth-order valence-corrected chi connectivity index (χ4v) is 4.99. The molecule has 60 valence electrons. The number of nitrogens with two attached hydrogens (primary N) is 1. The summed E-state index contributed by atoms with van der Waals surface area (Å²) in [6.07, 6.45) is 1.36. The van der Waals surface area contributed by atoms with Gasteiger partial charge in [0.25, 0.3) is 0 Å². The fourth-order valence-electron chi connectivity index (χ4n) is 1.56. The minimum atomic E-state index is 0.760. The molecule has 1 rings (SSSR count). The third-order valence-electron chi connectivity index (χ3n) is 2.29. The number of rotatable bonds is 1. The Kier molecular flexibility index (Phi) is 3.70. The van der Waals surface area contributed by atoms with E-state index in [9.17, 15) is 0 Å². The molecule has 0 aromatic carbocycles. The minimum absolute atomic E-state index is 0.760. The van der Waals surface area contributed by atoms with Gasteiger partial charge in [-0.2, -0.15) is 0 Å². The molecule has 0 amide bonds. The summed E-state index contributed by atoms with van der Waals surface area (Å²) in [5.41, 5.74) is 5.67. The van der Waals surface area contributed by atoms with Crippen LogP contribution in [0.3, 0.4) is 0 Å². The molecule has 4 unspecified atom stereocenters. The average Bonchev–Trinajstić information content (AvgIpc) is 2.09. The van der Waals surface area contributed by atoms with E-state index in [1.54, 1.807) is 0 Å². The molecule has 1 fully saturated rings. The van der Waals surface area contributed by atoms with Gasteiger partial charge in [0.15, 0.2) is 0 Å². The van der Waals surface area contributed by atoms with Crippen molar-refractivity contribution in [2.24, 2.45) is 17.6 Å². The van der Waals surface area contributed by atoms with Crippen LogP contribution in [-0.4, -0.2) is 14.4 Å². The van der Waals surface area contributed by atoms with Crippen molar-refractivity contribution in [3.63, 3.8) is 0 Å². The standard InChI is InChI=1S/C7H13I2N/c1-4-2-6(8)5(3-10)7(4)9/h4-7H,2-3,10H2,1H3. The van der Waals surface area contributed by atoms with Crippen LogP contribution in [0.5, 0.6) is 0 Å². The normalized spacial score (nSPS) is 48.0. The number of hydrogen-bond donors (Lipinski definition) is 1. The predicted octanol–water partition coefficient (Wildman–Crippen LogP) is 2.21. The van der Waals surface area contributed by atoms with E-state index in [0.717, 1.165) is 26.2 Å². The molecular formula is C7H13I2N. The second kappa shape index (κ2) is 3.89. The van der Waals surface area contributed by atoms with Crippen LogP contribution in [0, 0.1) is 11.8 Å². The smallest absolute Gasteiger partial charge is 0.0186 e. The Morgan fingerprint density at radius 1 is 1.50 bits per heavy atom. The zero-order valence-corrected chi connectivity index (χ0v) is 10.4. The molecule has 0 heterocycles. The summed E-state index contributed by atoms with van der Waals surface area (Å²) in [6, 6.07) is 0. The molecule has 1 aliphatic rings. The molecule has 0 aliphatic heterocycles. The fraction of sp³-hybridized carbons (Fsp3) is 1.00. The number of halogens is 2. The van der Waals surface area contributed by atoms with Gasteiger partial charge in [-0.1, -0.05) is 52.1 Å². The van der Waals surface area contributed by atoms with Crippen molar-refractivity contribution in [3.05, 3.63) is 0 Å². The first-order valence-corrected chi connectivity index (χ1v) is 6.14. The van der Waals surface area contributed by atoms with Gasteiger partial charge in [0.05, 0.1) is 0 Å². The molecule has 10 heavy (non-hydrogen) atoms. The molecule has 1 saturated carbocycles. The minimum Gasteiger partial charge on any atom is -0.330 e. The van der Waals surface area contributed by atoms with E-state index in [1.807, 2.05) is 0 Å². The highest BCUT2D eigenvalue weighted by Gasteiger charge is 2.36. The molecular weight excluding hydrogens is 352 g/mol. The molecule has 0 saturated heterocycles. The van der Waals surface area contributed by atoms with Crippen LogP contribution < -0.4 is 5.73 Å². The van der Waals surface area contributed by atoms with Crippen molar-refractivity contribution < 1.29 is 0 Å². The maximum atomic E-state index is 5.67. The molecule has 3 heteroatoms. The van der Waals surface area contributed by atoms with Crippen molar-refractivity contribution in [1.29, 1.82) is 0 Å². The molecule has 4 atom stereocenters. The van der Waals surface area contributed by atoms with Crippen LogP contribution in [0.25, 0.3) is 0 Å². The van der Waals surface area contributed by atoms with Crippen LogP contribution in [-0.2, 0) is 0 Å². The SMILES string of the molecule is CC1CC(I)C(CN)C1I. The highest BCUT2D eigenvalue weighted by atomic mass is 127.